The Hall–Kier alpha value is -2.59. The summed E-state index contributed by atoms with van der Waals surface area (Å²) in [7, 11) is 0. The van der Waals surface area contributed by atoms with Gasteiger partial charge in [-0.15, -0.1) is 0 Å². The van der Waals surface area contributed by atoms with Crippen molar-refractivity contribution in [2.75, 3.05) is 6.61 Å². The number of hydrogen-bond acceptors (Lipinski definition) is 5. The van der Waals surface area contributed by atoms with Crippen LogP contribution in [0.25, 0.3) is 0 Å². The normalized spacial score (nSPS) is 19.7. The fraction of sp³-hybridized carbons (Fsp3) is 0.471. The van der Waals surface area contributed by atoms with E-state index >= 15 is 0 Å². The minimum absolute atomic E-state index is 0.118. The Bertz CT molecular complexity index is 573. The van der Waals surface area contributed by atoms with Crippen LogP contribution >= 0.6 is 0 Å². The number of aliphatic hydroxyl groups is 1. The first-order chi connectivity index (χ1) is 11.5. The first-order valence-corrected chi connectivity index (χ1v) is 7.65. The highest BCUT2D eigenvalue weighted by molar-refractivity contribution is 6.01. The number of allylic oxidation sites excluding steroid dienone is 3. The molecule has 3 amide bonds. The molecule has 1 heterocycles. The van der Waals surface area contributed by atoms with E-state index in [2.05, 4.69) is 29.1 Å². The van der Waals surface area contributed by atoms with Crippen LogP contribution in [-0.4, -0.2) is 41.8 Å². The molecular formula is C17H22N2O5. The second kappa shape index (κ2) is 10.2. The number of alkyl carbamates (subject to hydrolysis) is 1. The van der Waals surface area contributed by atoms with E-state index in [1.807, 2.05) is 13.0 Å². The second-order valence-corrected chi connectivity index (χ2v) is 5.33. The van der Waals surface area contributed by atoms with Crippen molar-refractivity contribution in [2.45, 2.75) is 38.3 Å². The van der Waals surface area contributed by atoms with Crippen molar-refractivity contribution in [3.05, 3.63) is 24.8 Å². The van der Waals surface area contributed by atoms with Crippen LogP contribution in [0.2, 0.25) is 0 Å². The van der Waals surface area contributed by atoms with Crippen LogP contribution in [0, 0.1) is 17.8 Å². The number of rotatable bonds is 6. The molecule has 0 aromatic rings. The van der Waals surface area contributed by atoms with Gasteiger partial charge in [0.2, 0.25) is 11.8 Å². The summed E-state index contributed by atoms with van der Waals surface area (Å²) in [6, 6.07) is -0.808. The molecule has 2 unspecified atom stereocenters. The van der Waals surface area contributed by atoms with Crippen molar-refractivity contribution in [3.8, 4) is 11.8 Å². The van der Waals surface area contributed by atoms with E-state index in [1.165, 1.54) is 0 Å². The zero-order valence-corrected chi connectivity index (χ0v) is 13.6. The van der Waals surface area contributed by atoms with E-state index in [-0.39, 0.29) is 31.3 Å². The summed E-state index contributed by atoms with van der Waals surface area (Å²) in [6.07, 6.45) is 4.74. The number of carbonyl (C=O) groups excluding carboxylic acids is 3. The maximum Gasteiger partial charge on any atom is 0.409 e. The van der Waals surface area contributed by atoms with E-state index in [1.54, 1.807) is 12.2 Å². The highest BCUT2D eigenvalue weighted by atomic mass is 16.6. The van der Waals surface area contributed by atoms with Crippen LogP contribution in [-0.2, 0) is 14.3 Å². The van der Waals surface area contributed by atoms with Gasteiger partial charge in [-0.2, -0.15) is 0 Å². The molecule has 1 rings (SSSR count). The van der Waals surface area contributed by atoms with Crippen LogP contribution in [0.4, 0.5) is 4.79 Å². The summed E-state index contributed by atoms with van der Waals surface area (Å²) in [5.41, 5.74) is 0. The van der Waals surface area contributed by atoms with Crippen LogP contribution < -0.4 is 10.6 Å². The van der Waals surface area contributed by atoms with Gasteiger partial charge in [0.15, 0.2) is 6.10 Å². The fourth-order valence-corrected chi connectivity index (χ4v) is 2.07. The first kappa shape index (κ1) is 19.5. The van der Waals surface area contributed by atoms with Crippen LogP contribution in [0.1, 0.15) is 26.2 Å². The van der Waals surface area contributed by atoms with Gasteiger partial charge in [-0.05, 0) is 12.8 Å². The summed E-state index contributed by atoms with van der Waals surface area (Å²) in [4.78, 5) is 34.7. The number of imide groups is 1. The number of amides is 3. The van der Waals surface area contributed by atoms with Crippen molar-refractivity contribution in [1.29, 1.82) is 0 Å². The molecule has 0 spiro atoms. The topological polar surface area (TPSA) is 105 Å². The minimum atomic E-state index is -0.808. The highest BCUT2D eigenvalue weighted by Gasteiger charge is 2.29. The zero-order valence-electron chi connectivity index (χ0n) is 13.6. The lowest BCUT2D eigenvalue weighted by Gasteiger charge is -2.24. The van der Waals surface area contributed by atoms with Gasteiger partial charge in [0.1, 0.15) is 12.6 Å². The van der Waals surface area contributed by atoms with Crippen molar-refractivity contribution >= 4 is 17.9 Å². The van der Waals surface area contributed by atoms with Crippen molar-refractivity contribution in [3.63, 3.8) is 0 Å². The average Bonchev–Trinajstić information content (AvgIpc) is 2.54. The minimum Gasteiger partial charge on any atom is -0.433 e. The SMILES string of the molecule is C=C/C=C\C[C@H](C)C(C#CCO)OC(=O)NC1CCC(=O)NC1=O. The maximum absolute atomic E-state index is 12.0. The van der Waals surface area contributed by atoms with Crippen LogP contribution in [0.5, 0.6) is 0 Å². The Morgan fingerprint density at radius 3 is 2.96 bits per heavy atom. The van der Waals surface area contributed by atoms with Gasteiger partial charge in [0.05, 0.1) is 0 Å². The monoisotopic (exact) mass is 334 g/mol. The summed E-state index contributed by atoms with van der Waals surface area (Å²) in [5, 5.41) is 13.4. The molecule has 24 heavy (non-hydrogen) atoms. The van der Waals surface area contributed by atoms with Gasteiger partial charge in [0.25, 0.3) is 0 Å². The third-order valence-corrected chi connectivity index (χ3v) is 3.39. The molecule has 1 aliphatic rings. The Kier molecular flexibility index (Phi) is 8.30. The largest absolute Gasteiger partial charge is 0.433 e. The number of carbonyl (C=O) groups is 3. The lowest BCUT2D eigenvalue weighted by molar-refractivity contribution is -0.134. The number of ether oxygens (including phenoxy) is 1. The van der Waals surface area contributed by atoms with Gasteiger partial charge in [-0.3, -0.25) is 14.9 Å². The average molecular weight is 334 g/mol. The van der Waals surface area contributed by atoms with Gasteiger partial charge in [-0.1, -0.05) is 43.6 Å². The molecule has 1 fully saturated rings. The van der Waals surface area contributed by atoms with E-state index in [0.717, 1.165) is 0 Å². The highest BCUT2D eigenvalue weighted by Crippen LogP contribution is 2.13. The lowest BCUT2D eigenvalue weighted by atomic mass is 10.0. The molecular weight excluding hydrogens is 312 g/mol. The Morgan fingerprint density at radius 2 is 2.33 bits per heavy atom. The van der Waals surface area contributed by atoms with Crippen LogP contribution in [0.15, 0.2) is 24.8 Å². The summed E-state index contributed by atoms with van der Waals surface area (Å²) in [5.74, 6) is 4.13. The quantitative estimate of drug-likeness (QED) is 0.376. The Labute approximate surface area is 141 Å². The van der Waals surface area contributed by atoms with Crippen molar-refractivity contribution < 1.29 is 24.2 Å². The summed E-state index contributed by atoms with van der Waals surface area (Å²) in [6.45, 7) is 5.08. The van der Waals surface area contributed by atoms with Gasteiger partial charge in [0, 0.05) is 12.3 Å². The Balaban J connectivity index is 2.63. The number of nitrogens with one attached hydrogen (secondary N) is 2. The molecule has 0 aromatic carbocycles. The number of hydrogen-bond donors (Lipinski definition) is 3. The lowest BCUT2D eigenvalue weighted by Crippen LogP contribution is -2.52. The molecule has 0 saturated carbocycles. The molecule has 130 valence electrons. The number of aliphatic hydroxyl groups excluding tert-OH is 1. The standard InChI is InChI=1S/C17H22N2O5/c1-3-4-5-7-12(2)14(8-6-11-20)24-17(23)18-13-9-10-15(21)19-16(13)22/h3-5,12-14,20H,1,7,9-11H2,2H3,(H,18,23)(H,19,21,22)/b5-4-/t12-,13?,14?/m0/s1. The summed E-state index contributed by atoms with van der Waals surface area (Å²) >= 11 is 0. The third kappa shape index (κ3) is 6.67. The smallest absolute Gasteiger partial charge is 0.409 e. The molecule has 0 aliphatic carbocycles. The first-order valence-electron chi connectivity index (χ1n) is 7.65. The van der Waals surface area contributed by atoms with E-state index in [0.29, 0.717) is 6.42 Å². The van der Waals surface area contributed by atoms with Crippen LogP contribution in [0.3, 0.4) is 0 Å². The molecule has 7 heteroatoms. The maximum atomic E-state index is 12.0. The molecule has 7 nitrogen and oxygen atoms in total. The van der Waals surface area contributed by atoms with Gasteiger partial charge >= 0.3 is 6.09 Å². The van der Waals surface area contributed by atoms with Gasteiger partial charge in [-0.25, -0.2) is 4.79 Å². The Morgan fingerprint density at radius 1 is 1.58 bits per heavy atom. The predicted octanol–water partition coefficient (Wildman–Crippen LogP) is 0.651. The van der Waals surface area contributed by atoms with Crippen molar-refractivity contribution in [2.24, 2.45) is 5.92 Å². The molecule has 1 saturated heterocycles. The zero-order chi connectivity index (χ0) is 17.9. The summed E-state index contributed by atoms with van der Waals surface area (Å²) < 4.78 is 5.26. The van der Waals surface area contributed by atoms with E-state index in [9.17, 15) is 14.4 Å². The predicted molar refractivity (Wildman–Crippen MR) is 87.6 cm³/mol. The fourth-order valence-electron chi connectivity index (χ4n) is 2.07. The molecule has 0 aromatic heterocycles. The number of piperidine rings is 1. The molecule has 3 N–H and O–H groups in total. The third-order valence-electron chi connectivity index (χ3n) is 3.39. The van der Waals surface area contributed by atoms with Gasteiger partial charge < -0.3 is 15.2 Å². The second-order valence-electron chi connectivity index (χ2n) is 5.33. The molecule has 0 bridgehead atoms. The van der Waals surface area contributed by atoms with E-state index in [4.69, 9.17) is 9.84 Å². The van der Waals surface area contributed by atoms with Crippen molar-refractivity contribution in [1.82, 2.24) is 10.6 Å². The molecule has 1 aliphatic heterocycles. The molecule has 0 radical (unpaired) electrons. The van der Waals surface area contributed by atoms with E-state index < -0.39 is 24.1 Å². The molecule has 3 atom stereocenters.